The molecule has 0 heterocycles. The van der Waals surface area contributed by atoms with Gasteiger partial charge in [0.05, 0.1) is 0 Å². The third kappa shape index (κ3) is 2.68. The summed E-state index contributed by atoms with van der Waals surface area (Å²) in [7, 11) is 0.772. The molecule has 0 N–H and O–H groups in total. The third-order valence-electron chi connectivity index (χ3n) is 2.04. The van der Waals surface area contributed by atoms with Crippen molar-refractivity contribution < 1.29 is 0 Å². The monoisotopic (exact) mass is 200 g/mol. The number of allylic oxidation sites excluding steroid dienone is 6. The smallest absolute Gasteiger partial charge is 0.0163 e. The molecule has 0 radical (unpaired) electrons. The molecular weight excluding hydrogens is 187 g/mol. The van der Waals surface area contributed by atoms with E-state index in [-0.39, 0.29) is 0 Å². The lowest BCUT2D eigenvalue weighted by molar-refractivity contribution is 1.41. The van der Waals surface area contributed by atoms with Gasteiger partial charge in [-0.2, -0.15) is 0 Å². The van der Waals surface area contributed by atoms with E-state index in [1.165, 1.54) is 10.6 Å². The Bertz CT molecular complexity index is 371. The van der Waals surface area contributed by atoms with Gasteiger partial charge in [0.1, 0.15) is 0 Å². The quantitative estimate of drug-likeness (QED) is 0.642. The van der Waals surface area contributed by atoms with E-state index in [1.807, 2.05) is 0 Å². The summed E-state index contributed by atoms with van der Waals surface area (Å²) in [6.45, 7) is 0. The van der Waals surface area contributed by atoms with Crippen molar-refractivity contribution in [2.45, 2.75) is 6.42 Å². The standard InChI is InChI=1S/C13H13P/c1-2-5-9-12(8-4-1)14-13-10-6-3-7-11-13/h1,3-11,14H,2H2. The van der Waals surface area contributed by atoms with E-state index in [0.29, 0.717) is 0 Å². The van der Waals surface area contributed by atoms with Gasteiger partial charge in [-0.05, 0) is 17.0 Å². The Labute approximate surface area is 86.8 Å². The minimum atomic E-state index is 0.772. The van der Waals surface area contributed by atoms with E-state index >= 15 is 0 Å². The van der Waals surface area contributed by atoms with Gasteiger partial charge in [-0.15, -0.1) is 0 Å². The molecule has 0 aliphatic heterocycles. The van der Waals surface area contributed by atoms with Gasteiger partial charge >= 0.3 is 0 Å². The molecule has 1 aromatic carbocycles. The molecule has 1 aromatic rings. The van der Waals surface area contributed by atoms with Crippen molar-refractivity contribution in [1.82, 2.24) is 0 Å². The maximum atomic E-state index is 2.23. The molecule has 0 spiro atoms. The van der Waals surface area contributed by atoms with Gasteiger partial charge in [0, 0.05) is 0 Å². The first-order valence-electron chi connectivity index (χ1n) is 4.80. The summed E-state index contributed by atoms with van der Waals surface area (Å²) in [5, 5.41) is 2.81. The maximum absolute atomic E-state index is 2.23. The molecule has 1 heteroatoms. The van der Waals surface area contributed by atoms with E-state index in [2.05, 4.69) is 60.7 Å². The molecule has 1 aliphatic rings. The molecule has 0 aromatic heterocycles. The van der Waals surface area contributed by atoms with Crippen LogP contribution in [0.1, 0.15) is 6.42 Å². The summed E-state index contributed by atoms with van der Waals surface area (Å²) in [6, 6.07) is 10.6. The van der Waals surface area contributed by atoms with Crippen molar-refractivity contribution in [3.05, 3.63) is 66.0 Å². The first-order valence-corrected chi connectivity index (χ1v) is 5.80. The fraction of sp³-hybridized carbons (Fsp3) is 0.0769. The molecule has 1 aliphatic carbocycles. The zero-order chi connectivity index (χ0) is 9.64. The Morgan fingerprint density at radius 1 is 1.00 bits per heavy atom. The number of rotatable bonds is 2. The molecule has 0 saturated carbocycles. The average molecular weight is 200 g/mol. The Morgan fingerprint density at radius 3 is 2.71 bits per heavy atom. The summed E-state index contributed by atoms with van der Waals surface area (Å²) in [5.41, 5.74) is 0. The van der Waals surface area contributed by atoms with Crippen molar-refractivity contribution >= 4 is 13.9 Å². The SMILES string of the molecule is C1=CCC=CC(Pc2ccccc2)=C1. The topological polar surface area (TPSA) is 0 Å². The molecule has 0 nitrogen and oxygen atoms in total. The Kier molecular flexibility index (Phi) is 3.32. The molecule has 1 unspecified atom stereocenters. The first-order chi connectivity index (χ1) is 6.95. The second-order valence-electron chi connectivity index (χ2n) is 3.18. The van der Waals surface area contributed by atoms with Crippen molar-refractivity contribution in [1.29, 1.82) is 0 Å². The Hall–Kier alpha value is -1.13. The molecule has 1 atom stereocenters. The first kappa shape index (κ1) is 9.43. The second kappa shape index (κ2) is 4.93. The van der Waals surface area contributed by atoms with Crippen LogP contribution in [-0.4, -0.2) is 0 Å². The highest BCUT2D eigenvalue weighted by molar-refractivity contribution is 7.52. The zero-order valence-electron chi connectivity index (χ0n) is 7.98. The van der Waals surface area contributed by atoms with E-state index < -0.39 is 0 Å². The lowest BCUT2D eigenvalue weighted by Gasteiger charge is -2.01. The normalized spacial score (nSPS) is 15.9. The predicted octanol–water partition coefficient (Wildman–Crippen LogP) is 3.39. The van der Waals surface area contributed by atoms with E-state index in [4.69, 9.17) is 0 Å². The Balaban J connectivity index is 2.11. The van der Waals surface area contributed by atoms with Crippen molar-refractivity contribution in [2.75, 3.05) is 0 Å². The van der Waals surface area contributed by atoms with Crippen LogP contribution in [-0.2, 0) is 0 Å². The van der Waals surface area contributed by atoms with Gasteiger partial charge in [-0.1, -0.05) is 69.3 Å². The summed E-state index contributed by atoms with van der Waals surface area (Å²) in [5.74, 6) is 0. The lowest BCUT2D eigenvalue weighted by atomic mass is 10.4. The van der Waals surface area contributed by atoms with Gasteiger partial charge < -0.3 is 0 Å². The van der Waals surface area contributed by atoms with Crippen LogP contribution in [0.15, 0.2) is 66.0 Å². The van der Waals surface area contributed by atoms with Gasteiger partial charge in [0.2, 0.25) is 0 Å². The molecular formula is C13H13P. The van der Waals surface area contributed by atoms with Crippen LogP contribution in [0.25, 0.3) is 0 Å². The van der Waals surface area contributed by atoms with E-state index in [0.717, 1.165) is 15.0 Å². The van der Waals surface area contributed by atoms with Crippen LogP contribution in [0.2, 0.25) is 0 Å². The second-order valence-corrected chi connectivity index (χ2v) is 4.58. The van der Waals surface area contributed by atoms with Crippen LogP contribution in [0, 0.1) is 0 Å². The highest BCUT2D eigenvalue weighted by Gasteiger charge is 1.95. The molecule has 70 valence electrons. The van der Waals surface area contributed by atoms with Crippen LogP contribution in [0.3, 0.4) is 0 Å². The Morgan fingerprint density at radius 2 is 1.86 bits per heavy atom. The van der Waals surface area contributed by atoms with Crippen molar-refractivity contribution in [2.24, 2.45) is 0 Å². The maximum Gasteiger partial charge on any atom is -0.0163 e. The summed E-state index contributed by atoms with van der Waals surface area (Å²) in [6.07, 6.45) is 12.0. The highest BCUT2D eigenvalue weighted by atomic mass is 31.1. The molecule has 2 rings (SSSR count). The van der Waals surface area contributed by atoms with Crippen LogP contribution < -0.4 is 5.30 Å². The fourth-order valence-corrected chi connectivity index (χ4v) is 2.42. The van der Waals surface area contributed by atoms with Gasteiger partial charge in [-0.3, -0.25) is 0 Å². The van der Waals surface area contributed by atoms with Crippen LogP contribution in [0.5, 0.6) is 0 Å². The molecule has 0 bridgehead atoms. The predicted molar refractivity (Wildman–Crippen MR) is 65.4 cm³/mol. The van der Waals surface area contributed by atoms with Gasteiger partial charge in [0.15, 0.2) is 0 Å². The average Bonchev–Trinajstić information content (AvgIpc) is 2.48. The van der Waals surface area contributed by atoms with Crippen molar-refractivity contribution in [3.8, 4) is 0 Å². The van der Waals surface area contributed by atoms with Gasteiger partial charge in [0.25, 0.3) is 0 Å². The lowest BCUT2D eigenvalue weighted by Crippen LogP contribution is -1.90. The summed E-state index contributed by atoms with van der Waals surface area (Å²) >= 11 is 0. The zero-order valence-corrected chi connectivity index (χ0v) is 8.98. The fourth-order valence-electron chi connectivity index (χ4n) is 1.35. The minimum Gasteiger partial charge on any atom is -0.0807 e. The van der Waals surface area contributed by atoms with Gasteiger partial charge in [-0.25, -0.2) is 0 Å². The number of benzene rings is 1. The number of hydrogen-bond acceptors (Lipinski definition) is 0. The summed E-state index contributed by atoms with van der Waals surface area (Å²) < 4.78 is 0. The molecule has 0 fully saturated rings. The van der Waals surface area contributed by atoms with E-state index in [1.54, 1.807) is 0 Å². The number of hydrogen-bond donors (Lipinski definition) is 0. The van der Waals surface area contributed by atoms with Crippen LogP contribution >= 0.6 is 8.58 Å². The molecule has 0 amide bonds. The van der Waals surface area contributed by atoms with Crippen molar-refractivity contribution in [3.63, 3.8) is 0 Å². The minimum absolute atomic E-state index is 0.772. The third-order valence-corrected chi connectivity index (χ3v) is 3.29. The highest BCUT2D eigenvalue weighted by Crippen LogP contribution is 2.25. The molecule has 0 saturated heterocycles. The molecule has 14 heavy (non-hydrogen) atoms. The van der Waals surface area contributed by atoms with E-state index in [9.17, 15) is 0 Å². The van der Waals surface area contributed by atoms with Crippen LogP contribution in [0.4, 0.5) is 0 Å². The summed E-state index contributed by atoms with van der Waals surface area (Å²) in [4.78, 5) is 0. The largest absolute Gasteiger partial charge is 0.0807 e.